The number of anilines is 1. The minimum atomic E-state index is -3.26. The number of hydrogen-bond acceptors (Lipinski definition) is 4. The maximum atomic E-state index is 12.3. The summed E-state index contributed by atoms with van der Waals surface area (Å²) in [6, 6.07) is 6.65. The summed E-state index contributed by atoms with van der Waals surface area (Å²) in [5.41, 5.74) is 1.19. The van der Waals surface area contributed by atoms with Gasteiger partial charge in [-0.25, -0.2) is 12.7 Å². The van der Waals surface area contributed by atoms with Gasteiger partial charge in [-0.05, 0) is 44.0 Å². The summed E-state index contributed by atoms with van der Waals surface area (Å²) in [6.45, 7) is 2.17. The third kappa shape index (κ3) is 4.14. The quantitative estimate of drug-likeness (QED) is 0.851. The normalized spacial score (nSPS) is 19.6. The van der Waals surface area contributed by atoms with Gasteiger partial charge >= 0.3 is 0 Å². The van der Waals surface area contributed by atoms with Crippen LogP contribution in [0.2, 0.25) is 0 Å². The Bertz CT molecular complexity index is 667. The topological polar surface area (TPSA) is 83.6 Å². The standard InChI is InChI=1S/C15H20N2O4S/c1-11(18)12-5-7-14(8-6-12)16-15(19)13-4-3-9-17(10-13)22(2,20)21/h5-8,13H,3-4,9-10H2,1-2H3,(H,16,19)/t13-/m0/s1. The van der Waals surface area contributed by atoms with E-state index in [0.29, 0.717) is 30.6 Å². The van der Waals surface area contributed by atoms with Gasteiger partial charge in [-0.15, -0.1) is 0 Å². The Morgan fingerprint density at radius 2 is 1.86 bits per heavy atom. The van der Waals surface area contributed by atoms with Crippen LogP contribution in [0.3, 0.4) is 0 Å². The fourth-order valence-electron chi connectivity index (χ4n) is 2.49. The van der Waals surface area contributed by atoms with Crippen molar-refractivity contribution in [3.8, 4) is 0 Å². The highest BCUT2D eigenvalue weighted by molar-refractivity contribution is 7.88. The monoisotopic (exact) mass is 324 g/mol. The van der Waals surface area contributed by atoms with Crippen LogP contribution < -0.4 is 5.32 Å². The fourth-order valence-corrected chi connectivity index (χ4v) is 3.40. The summed E-state index contributed by atoms with van der Waals surface area (Å²) in [4.78, 5) is 23.5. The van der Waals surface area contributed by atoms with Crippen LogP contribution in [0.5, 0.6) is 0 Å². The number of sulfonamides is 1. The van der Waals surface area contributed by atoms with Crippen molar-refractivity contribution in [2.24, 2.45) is 5.92 Å². The van der Waals surface area contributed by atoms with Crippen molar-refractivity contribution >= 4 is 27.4 Å². The first kappa shape index (κ1) is 16.6. The Balaban J connectivity index is 2.01. The van der Waals surface area contributed by atoms with Crippen LogP contribution in [0.4, 0.5) is 5.69 Å². The lowest BCUT2D eigenvalue weighted by Gasteiger charge is -2.30. The van der Waals surface area contributed by atoms with E-state index in [1.54, 1.807) is 24.3 Å². The lowest BCUT2D eigenvalue weighted by Crippen LogP contribution is -2.43. The summed E-state index contributed by atoms with van der Waals surface area (Å²) < 4.78 is 24.5. The highest BCUT2D eigenvalue weighted by Gasteiger charge is 2.30. The Kier molecular flexibility index (Phi) is 4.97. The number of amides is 1. The van der Waals surface area contributed by atoms with Crippen LogP contribution in [0.1, 0.15) is 30.1 Å². The van der Waals surface area contributed by atoms with Crippen molar-refractivity contribution in [3.05, 3.63) is 29.8 Å². The molecule has 7 heteroatoms. The van der Waals surface area contributed by atoms with Gasteiger partial charge in [0.2, 0.25) is 15.9 Å². The van der Waals surface area contributed by atoms with Gasteiger partial charge in [0.05, 0.1) is 12.2 Å². The average molecular weight is 324 g/mol. The van der Waals surface area contributed by atoms with E-state index in [2.05, 4.69) is 5.32 Å². The van der Waals surface area contributed by atoms with Gasteiger partial charge in [0.1, 0.15) is 0 Å². The van der Waals surface area contributed by atoms with Crippen molar-refractivity contribution in [2.45, 2.75) is 19.8 Å². The smallest absolute Gasteiger partial charge is 0.228 e. The first-order valence-electron chi connectivity index (χ1n) is 7.14. The van der Waals surface area contributed by atoms with E-state index in [-0.39, 0.29) is 24.2 Å². The SMILES string of the molecule is CC(=O)c1ccc(NC(=O)[C@H]2CCCN(S(C)(=O)=O)C2)cc1. The van der Waals surface area contributed by atoms with Gasteiger partial charge < -0.3 is 5.32 Å². The van der Waals surface area contributed by atoms with Gasteiger partial charge in [-0.3, -0.25) is 9.59 Å². The number of benzene rings is 1. The zero-order valence-corrected chi connectivity index (χ0v) is 13.5. The van der Waals surface area contributed by atoms with Crippen molar-refractivity contribution in [3.63, 3.8) is 0 Å². The maximum Gasteiger partial charge on any atom is 0.228 e. The molecule has 0 bridgehead atoms. The van der Waals surface area contributed by atoms with Crippen molar-refractivity contribution in [2.75, 3.05) is 24.7 Å². The molecule has 1 saturated heterocycles. The molecule has 0 aromatic heterocycles. The highest BCUT2D eigenvalue weighted by atomic mass is 32.2. The molecule has 1 fully saturated rings. The molecule has 1 heterocycles. The second kappa shape index (κ2) is 6.58. The van der Waals surface area contributed by atoms with E-state index in [1.807, 2.05) is 0 Å². The molecule has 0 radical (unpaired) electrons. The molecule has 0 unspecified atom stereocenters. The minimum absolute atomic E-state index is 0.0334. The molecule has 120 valence electrons. The van der Waals surface area contributed by atoms with E-state index in [0.717, 1.165) is 6.26 Å². The molecule has 2 rings (SSSR count). The van der Waals surface area contributed by atoms with E-state index in [1.165, 1.54) is 11.2 Å². The number of nitrogens with one attached hydrogen (secondary N) is 1. The molecular formula is C15H20N2O4S. The summed E-state index contributed by atoms with van der Waals surface area (Å²) in [6.07, 6.45) is 2.51. The lowest BCUT2D eigenvalue weighted by molar-refractivity contribution is -0.120. The van der Waals surface area contributed by atoms with Gasteiger partial charge in [0.15, 0.2) is 5.78 Å². The molecule has 0 spiro atoms. The fraction of sp³-hybridized carbons (Fsp3) is 0.467. The predicted molar refractivity (Wildman–Crippen MR) is 84.2 cm³/mol. The predicted octanol–water partition coefficient (Wildman–Crippen LogP) is 1.50. The third-order valence-electron chi connectivity index (χ3n) is 3.78. The van der Waals surface area contributed by atoms with Crippen LogP contribution in [0, 0.1) is 5.92 Å². The number of Topliss-reactive ketones (excluding diaryl/α,β-unsaturated/α-hetero) is 1. The Morgan fingerprint density at radius 1 is 1.23 bits per heavy atom. The number of carbonyl (C=O) groups excluding carboxylic acids is 2. The molecule has 1 amide bonds. The molecule has 0 saturated carbocycles. The van der Waals surface area contributed by atoms with Gasteiger partial charge in [-0.1, -0.05) is 0 Å². The number of rotatable bonds is 4. The zero-order valence-electron chi connectivity index (χ0n) is 12.7. The Morgan fingerprint density at radius 3 is 2.41 bits per heavy atom. The number of piperidine rings is 1. The Labute approximate surface area is 130 Å². The summed E-state index contributed by atoms with van der Waals surface area (Å²) >= 11 is 0. The summed E-state index contributed by atoms with van der Waals surface area (Å²) in [5.74, 6) is -0.575. The molecule has 1 aliphatic heterocycles. The molecule has 22 heavy (non-hydrogen) atoms. The van der Waals surface area contributed by atoms with Crippen LogP contribution >= 0.6 is 0 Å². The molecule has 1 N–H and O–H groups in total. The van der Waals surface area contributed by atoms with Crippen LogP contribution in [0.15, 0.2) is 24.3 Å². The first-order valence-corrected chi connectivity index (χ1v) is 8.99. The second-order valence-corrected chi connectivity index (χ2v) is 7.57. The summed E-state index contributed by atoms with van der Waals surface area (Å²) in [5, 5.41) is 2.78. The molecule has 6 nitrogen and oxygen atoms in total. The third-order valence-corrected chi connectivity index (χ3v) is 5.05. The molecule has 1 aromatic rings. The van der Waals surface area contributed by atoms with Crippen molar-refractivity contribution in [1.82, 2.24) is 4.31 Å². The van der Waals surface area contributed by atoms with Crippen molar-refractivity contribution < 1.29 is 18.0 Å². The zero-order chi connectivity index (χ0) is 16.3. The summed E-state index contributed by atoms with van der Waals surface area (Å²) in [7, 11) is -3.26. The molecular weight excluding hydrogens is 304 g/mol. The molecule has 0 aliphatic carbocycles. The minimum Gasteiger partial charge on any atom is -0.326 e. The van der Waals surface area contributed by atoms with Crippen LogP contribution in [-0.4, -0.2) is 43.8 Å². The van der Waals surface area contributed by atoms with Crippen LogP contribution in [-0.2, 0) is 14.8 Å². The number of ketones is 1. The molecule has 1 aliphatic rings. The van der Waals surface area contributed by atoms with E-state index >= 15 is 0 Å². The first-order chi connectivity index (χ1) is 10.3. The average Bonchev–Trinajstić information content (AvgIpc) is 2.47. The van der Waals surface area contributed by atoms with E-state index in [4.69, 9.17) is 0 Å². The second-order valence-electron chi connectivity index (χ2n) is 5.58. The maximum absolute atomic E-state index is 12.3. The van der Waals surface area contributed by atoms with Crippen molar-refractivity contribution in [1.29, 1.82) is 0 Å². The molecule has 1 aromatic carbocycles. The molecule has 1 atom stereocenters. The number of hydrogen-bond donors (Lipinski definition) is 1. The number of nitrogens with zero attached hydrogens (tertiary/aromatic N) is 1. The van der Waals surface area contributed by atoms with Crippen LogP contribution in [0.25, 0.3) is 0 Å². The lowest BCUT2D eigenvalue weighted by atomic mass is 9.98. The van der Waals surface area contributed by atoms with E-state index < -0.39 is 10.0 Å². The van der Waals surface area contributed by atoms with Gasteiger partial charge in [-0.2, -0.15) is 0 Å². The highest BCUT2D eigenvalue weighted by Crippen LogP contribution is 2.20. The largest absolute Gasteiger partial charge is 0.326 e. The van der Waals surface area contributed by atoms with Gasteiger partial charge in [0, 0.05) is 24.3 Å². The van der Waals surface area contributed by atoms with Gasteiger partial charge in [0.25, 0.3) is 0 Å². The number of carbonyl (C=O) groups is 2. The van der Waals surface area contributed by atoms with E-state index in [9.17, 15) is 18.0 Å². The Hall–Kier alpha value is -1.73.